The molecule has 0 spiro atoms. The van der Waals surface area contributed by atoms with Crippen LogP contribution in [0.4, 0.5) is 0 Å². The summed E-state index contributed by atoms with van der Waals surface area (Å²) < 4.78 is 0. The van der Waals surface area contributed by atoms with Gasteiger partial charge in [-0.1, -0.05) is 6.42 Å². The molecule has 1 nitrogen and oxygen atoms in total. The third-order valence-electron chi connectivity index (χ3n) is 1.07. The first kappa shape index (κ1) is 8.67. The maximum atomic E-state index is 10.5. The van der Waals surface area contributed by atoms with Crippen molar-refractivity contribution in [2.24, 2.45) is 0 Å². The zero-order valence-corrected chi connectivity index (χ0v) is 6.23. The van der Waals surface area contributed by atoms with Crippen LogP contribution in [0, 0.1) is 6.08 Å². The first-order chi connectivity index (χ1) is 3.80. The van der Waals surface area contributed by atoms with Crippen molar-refractivity contribution in [1.82, 2.24) is 0 Å². The van der Waals surface area contributed by atoms with Gasteiger partial charge in [-0.05, 0) is 6.92 Å². The molecule has 0 saturated carbocycles. The Morgan fingerprint density at radius 1 is 1.78 bits per heavy atom. The summed E-state index contributed by atoms with van der Waals surface area (Å²) in [6.45, 7) is 1.55. The van der Waals surface area contributed by atoms with Crippen LogP contribution < -0.4 is 0 Å². The van der Waals surface area contributed by atoms with E-state index in [4.69, 9.17) is 0 Å². The van der Waals surface area contributed by atoms with Crippen molar-refractivity contribution < 1.29 is 21.9 Å². The molecular formula is C7H7FeO-. The zero-order chi connectivity index (χ0) is 5.98. The molecule has 0 amide bonds. The van der Waals surface area contributed by atoms with Crippen molar-refractivity contribution in [3.8, 4) is 0 Å². The molecular weight excluding hydrogens is 156 g/mol. The van der Waals surface area contributed by atoms with Gasteiger partial charge >= 0.3 is 0 Å². The van der Waals surface area contributed by atoms with Crippen molar-refractivity contribution in [3.63, 3.8) is 0 Å². The summed E-state index contributed by atoms with van der Waals surface area (Å²) in [5.41, 5.74) is 0.727. The first-order valence-corrected chi connectivity index (χ1v) is 2.59. The minimum Gasteiger partial charge on any atom is -0.371 e. The van der Waals surface area contributed by atoms with Crippen LogP contribution in [0.25, 0.3) is 0 Å². The number of hydrogen-bond donors (Lipinski definition) is 0. The number of Topliss-reactive ketones (excluding diaryl/α,β-unsaturated/α-hetero) is 1. The van der Waals surface area contributed by atoms with E-state index in [-0.39, 0.29) is 22.9 Å². The monoisotopic (exact) mass is 163 g/mol. The van der Waals surface area contributed by atoms with E-state index in [1.165, 1.54) is 0 Å². The maximum Gasteiger partial charge on any atom is 0.0464 e. The molecule has 2 heteroatoms. The van der Waals surface area contributed by atoms with Gasteiger partial charge < -0.3 is 4.79 Å². The molecule has 0 bridgehead atoms. The van der Waals surface area contributed by atoms with Gasteiger partial charge in [-0.15, -0.1) is 6.08 Å². The van der Waals surface area contributed by atoms with Gasteiger partial charge in [0.2, 0.25) is 0 Å². The van der Waals surface area contributed by atoms with Crippen LogP contribution in [-0.4, -0.2) is 5.78 Å². The van der Waals surface area contributed by atoms with Crippen molar-refractivity contribution in [2.45, 2.75) is 13.3 Å². The van der Waals surface area contributed by atoms with Gasteiger partial charge in [0.25, 0.3) is 0 Å². The second-order valence-electron chi connectivity index (χ2n) is 1.75. The van der Waals surface area contributed by atoms with E-state index < -0.39 is 0 Å². The van der Waals surface area contributed by atoms with E-state index in [9.17, 15) is 4.79 Å². The molecule has 0 fully saturated rings. The second kappa shape index (κ2) is 3.65. The van der Waals surface area contributed by atoms with Crippen LogP contribution in [0.15, 0.2) is 17.7 Å². The Hall–Kier alpha value is -0.331. The standard InChI is InChI=1S/C7H7O.Fe/c1-6(8)7-4-2-3-5-7;/h2,4H,3H2,1H3;/q-1;. The maximum absolute atomic E-state index is 10.5. The molecule has 0 aliphatic heterocycles. The van der Waals surface area contributed by atoms with Gasteiger partial charge in [0.15, 0.2) is 0 Å². The summed E-state index contributed by atoms with van der Waals surface area (Å²) in [6.07, 6.45) is 7.45. The van der Waals surface area contributed by atoms with Crippen molar-refractivity contribution >= 4 is 5.78 Å². The summed E-state index contributed by atoms with van der Waals surface area (Å²) in [6, 6.07) is 0. The normalized spacial score (nSPS) is 14.6. The van der Waals surface area contributed by atoms with Gasteiger partial charge in [-0.3, -0.25) is 0 Å². The fraction of sp³-hybridized carbons (Fsp3) is 0.286. The smallest absolute Gasteiger partial charge is 0.0464 e. The molecule has 9 heavy (non-hydrogen) atoms. The molecule has 50 valence electrons. The molecule has 0 radical (unpaired) electrons. The molecule has 0 unspecified atom stereocenters. The van der Waals surface area contributed by atoms with E-state index >= 15 is 0 Å². The van der Waals surface area contributed by atoms with E-state index in [0.717, 1.165) is 12.0 Å². The molecule has 0 heterocycles. The summed E-state index contributed by atoms with van der Waals surface area (Å²) in [7, 11) is 0. The number of allylic oxidation sites excluding steroid dienone is 4. The molecule has 1 aliphatic carbocycles. The topological polar surface area (TPSA) is 17.1 Å². The Bertz CT molecular complexity index is 168. The van der Waals surface area contributed by atoms with Crippen LogP contribution in [-0.2, 0) is 21.9 Å². The van der Waals surface area contributed by atoms with Crippen LogP contribution in [0.3, 0.4) is 0 Å². The third-order valence-corrected chi connectivity index (χ3v) is 1.07. The minimum absolute atomic E-state index is 0. The second-order valence-corrected chi connectivity index (χ2v) is 1.75. The minimum atomic E-state index is 0. The third kappa shape index (κ3) is 2.17. The molecule has 0 aromatic rings. The zero-order valence-electron chi connectivity index (χ0n) is 5.12. The molecule has 0 aromatic carbocycles. The summed E-state index contributed by atoms with van der Waals surface area (Å²) in [5.74, 6) is 0.110. The van der Waals surface area contributed by atoms with E-state index in [0.29, 0.717) is 0 Å². The van der Waals surface area contributed by atoms with E-state index in [2.05, 4.69) is 6.08 Å². The Kier molecular flexibility index (Phi) is 3.51. The van der Waals surface area contributed by atoms with Gasteiger partial charge in [0, 0.05) is 22.9 Å². The van der Waals surface area contributed by atoms with Gasteiger partial charge in [0.05, 0.1) is 0 Å². The number of ketones is 1. The summed E-state index contributed by atoms with van der Waals surface area (Å²) in [5, 5.41) is 0. The Labute approximate surface area is 65.3 Å². The fourth-order valence-corrected chi connectivity index (χ4v) is 0.646. The largest absolute Gasteiger partial charge is 0.371 e. The Balaban J connectivity index is 0.000000640. The van der Waals surface area contributed by atoms with Gasteiger partial charge in [0.1, 0.15) is 0 Å². The number of carbonyl (C=O) groups excluding carboxylic acids is 1. The van der Waals surface area contributed by atoms with Crippen LogP contribution >= 0.6 is 0 Å². The van der Waals surface area contributed by atoms with Gasteiger partial charge in [-0.2, -0.15) is 17.7 Å². The molecule has 1 rings (SSSR count). The average molecular weight is 163 g/mol. The Morgan fingerprint density at radius 3 is 2.67 bits per heavy atom. The number of carbonyl (C=O) groups is 1. The molecule has 0 saturated heterocycles. The molecule has 0 N–H and O–H groups in total. The van der Waals surface area contributed by atoms with Gasteiger partial charge in [-0.25, -0.2) is 0 Å². The fourth-order valence-electron chi connectivity index (χ4n) is 0.646. The summed E-state index contributed by atoms with van der Waals surface area (Å²) in [4.78, 5) is 10.5. The average Bonchev–Trinajstić information content (AvgIpc) is 2.12. The predicted molar refractivity (Wildman–Crippen MR) is 31.2 cm³/mol. The quantitative estimate of drug-likeness (QED) is 0.420. The van der Waals surface area contributed by atoms with E-state index in [1.54, 1.807) is 6.92 Å². The summed E-state index contributed by atoms with van der Waals surface area (Å²) >= 11 is 0. The molecule has 0 aromatic heterocycles. The predicted octanol–water partition coefficient (Wildman–Crippen LogP) is 1.26. The first-order valence-electron chi connectivity index (χ1n) is 2.59. The molecule has 1 aliphatic rings. The van der Waals surface area contributed by atoms with Crippen LogP contribution in [0.5, 0.6) is 0 Å². The van der Waals surface area contributed by atoms with Crippen molar-refractivity contribution in [1.29, 1.82) is 0 Å². The van der Waals surface area contributed by atoms with Crippen LogP contribution in [0.1, 0.15) is 13.3 Å². The van der Waals surface area contributed by atoms with Crippen molar-refractivity contribution in [3.05, 3.63) is 23.8 Å². The van der Waals surface area contributed by atoms with Crippen LogP contribution in [0.2, 0.25) is 0 Å². The Morgan fingerprint density at radius 2 is 2.44 bits per heavy atom. The van der Waals surface area contributed by atoms with E-state index in [1.807, 2.05) is 12.2 Å². The van der Waals surface area contributed by atoms with Crippen molar-refractivity contribution in [2.75, 3.05) is 0 Å². The SMILES string of the molecule is CC(=O)C1=[C-]CC=C1.[Fe]. The number of hydrogen-bond acceptors (Lipinski definition) is 1. The number of rotatable bonds is 1. The molecule has 0 atom stereocenters.